The molecule has 2 aromatic heterocycles. The van der Waals surface area contributed by atoms with Gasteiger partial charge in [0.15, 0.2) is 5.69 Å². The summed E-state index contributed by atoms with van der Waals surface area (Å²) in [7, 11) is 0. The first kappa shape index (κ1) is 23.7. The Labute approximate surface area is 196 Å². The molecule has 0 N–H and O–H groups in total. The van der Waals surface area contributed by atoms with Crippen LogP contribution in [0.1, 0.15) is 52.9 Å². The minimum absolute atomic E-state index is 0.173. The van der Waals surface area contributed by atoms with Gasteiger partial charge < -0.3 is 9.80 Å². The van der Waals surface area contributed by atoms with Crippen molar-refractivity contribution in [3.05, 3.63) is 64.9 Å². The molecule has 0 radical (unpaired) electrons. The van der Waals surface area contributed by atoms with Crippen LogP contribution in [-0.4, -0.2) is 56.7 Å². The van der Waals surface area contributed by atoms with Crippen molar-refractivity contribution in [3.63, 3.8) is 0 Å². The number of aromatic nitrogens is 4. The summed E-state index contributed by atoms with van der Waals surface area (Å²) >= 11 is 0. The van der Waals surface area contributed by atoms with E-state index in [0.717, 1.165) is 33.8 Å². The average molecular weight is 473 g/mol. The van der Waals surface area contributed by atoms with Gasteiger partial charge in [0.1, 0.15) is 11.6 Å². The molecule has 1 amide bonds. The second-order valence-corrected chi connectivity index (χ2v) is 8.81. The maximum atomic E-state index is 14.0. The SMILES string of the molecule is Cc1ccc(-n2ncc(C(=O)N3CCN(c4cc(C)nc(C(C)C)n4)CC3)c2C(F)(F)F)cc1. The predicted octanol–water partition coefficient (Wildman–Crippen LogP) is 4.38. The van der Waals surface area contributed by atoms with Gasteiger partial charge in [-0.3, -0.25) is 4.79 Å². The largest absolute Gasteiger partial charge is 0.434 e. The van der Waals surface area contributed by atoms with Crippen LogP contribution in [0, 0.1) is 13.8 Å². The zero-order chi connectivity index (χ0) is 24.6. The van der Waals surface area contributed by atoms with E-state index in [4.69, 9.17) is 0 Å². The van der Waals surface area contributed by atoms with Gasteiger partial charge in [0.25, 0.3) is 5.91 Å². The van der Waals surface area contributed by atoms with Crippen LogP contribution in [-0.2, 0) is 6.18 Å². The number of hydrogen-bond donors (Lipinski definition) is 0. The van der Waals surface area contributed by atoms with E-state index in [2.05, 4.69) is 15.1 Å². The van der Waals surface area contributed by atoms with E-state index in [1.165, 1.54) is 4.90 Å². The van der Waals surface area contributed by atoms with Crippen LogP contribution in [0.3, 0.4) is 0 Å². The zero-order valence-corrected chi connectivity index (χ0v) is 19.6. The summed E-state index contributed by atoms with van der Waals surface area (Å²) in [6.45, 7) is 9.28. The number of rotatable bonds is 4. The number of anilines is 1. The normalized spacial score (nSPS) is 14.7. The molecule has 10 heteroatoms. The Morgan fingerprint density at radius 3 is 2.24 bits per heavy atom. The summed E-state index contributed by atoms with van der Waals surface area (Å²) in [6, 6.07) is 8.41. The lowest BCUT2D eigenvalue weighted by molar-refractivity contribution is -0.143. The third kappa shape index (κ3) is 4.76. The standard InChI is InChI=1S/C24H27F3N6O/c1-15(2)22-29-17(4)13-20(30-22)31-9-11-32(12-10-31)23(34)19-14-28-33(21(19)24(25,26)27)18-7-5-16(3)6-8-18/h5-8,13-15H,9-12H2,1-4H3. The van der Waals surface area contributed by atoms with Gasteiger partial charge in [-0.25, -0.2) is 14.6 Å². The Morgan fingerprint density at radius 1 is 1.00 bits per heavy atom. The van der Waals surface area contributed by atoms with Crippen LogP contribution in [0.4, 0.5) is 19.0 Å². The van der Waals surface area contributed by atoms with Gasteiger partial charge in [-0.2, -0.15) is 18.3 Å². The fourth-order valence-corrected chi connectivity index (χ4v) is 3.96. The molecule has 4 rings (SSSR count). The van der Waals surface area contributed by atoms with Gasteiger partial charge in [-0.1, -0.05) is 31.5 Å². The third-order valence-electron chi connectivity index (χ3n) is 5.81. The van der Waals surface area contributed by atoms with Gasteiger partial charge in [0.05, 0.1) is 17.4 Å². The number of carbonyl (C=O) groups excluding carboxylic acids is 1. The van der Waals surface area contributed by atoms with E-state index < -0.39 is 23.3 Å². The summed E-state index contributed by atoms with van der Waals surface area (Å²) < 4.78 is 42.8. The monoisotopic (exact) mass is 472 g/mol. The lowest BCUT2D eigenvalue weighted by Gasteiger charge is -2.35. The molecule has 0 saturated carbocycles. The summed E-state index contributed by atoms with van der Waals surface area (Å²) in [5, 5.41) is 3.92. The Bertz CT molecular complexity index is 1180. The van der Waals surface area contributed by atoms with E-state index >= 15 is 0 Å². The molecule has 0 unspecified atom stereocenters. The molecular weight excluding hydrogens is 445 g/mol. The Morgan fingerprint density at radius 2 is 1.65 bits per heavy atom. The lowest BCUT2D eigenvalue weighted by Crippen LogP contribution is -2.49. The molecule has 1 saturated heterocycles. The van der Waals surface area contributed by atoms with Crippen LogP contribution in [0.15, 0.2) is 36.5 Å². The number of piperazine rings is 1. The number of nitrogens with zero attached hydrogens (tertiary/aromatic N) is 6. The van der Waals surface area contributed by atoms with Crippen LogP contribution in [0.5, 0.6) is 0 Å². The number of alkyl halides is 3. The Hall–Kier alpha value is -3.43. The molecule has 1 aliphatic rings. The number of amides is 1. The molecule has 0 bridgehead atoms. The van der Waals surface area contributed by atoms with Crippen molar-refractivity contribution in [2.45, 2.75) is 39.8 Å². The van der Waals surface area contributed by atoms with Crippen molar-refractivity contribution >= 4 is 11.7 Å². The van der Waals surface area contributed by atoms with Crippen molar-refractivity contribution in [3.8, 4) is 5.69 Å². The molecule has 3 heterocycles. The molecular formula is C24H27F3N6O. The molecule has 7 nitrogen and oxygen atoms in total. The lowest BCUT2D eigenvalue weighted by atomic mass is 10.1. The molecule has 3 aromatic rings. The van der Waals surface area contributed by atoms with E-state index in [1.807, 2.05) is 38.7 Å². The summed E-state index contributed by atoms with van der Waals surface area (Å²) in [6.07, 6.45) is -3.72. The molecule has 0 aliphatic carbocycles. The highest BCUT2D eigenvalue weighted by molar-refractivity contribution is 5.95. The average Bonchev–Trinajstić information content (AvgIpc) is 3.24. The van der Waals surface area contributed by atoms with Gasteiger partial charge >= 0.3 is 6.18 Å². The maximum absolute atomic E-state index is 14.0. The van der Waals surface area contributed by atoms with Gasteiger partial charge in [0, 0.05) is 43.9 Å². The molecule has 1 aliphatic heterocycles. The van der Waals surface area contributed by atoms with E-state index in [9.17, 15) is 18.0 Å². The van der Waals surface area contributed by atoms with Crippen LogP contribution < -0.4 is 4.90 Å². The highest BCUT2D eigenvalue weighted by Gasteiger charge is 2.41. The van der Waals surface area contributed by atoms with Crippen molar-refractivity contribution in [1.29, 1.82) is 0 Å². The fraction of sp³-hybridized carbons (Fsp3) is 0.417. The Kier molecular flexibility index (Phi) is 6.33. The smallest absolute Gasteiger partial charge is 0.353 e. The van der Waals surface area contributed by atoms with Crippen molar-refractivity contribution in [1.82, 2.24) is 24.6 Å². The predicted molar refractivity (Wildman–Crippen MR) is 122 cm³/mol. The van der Waals surface area contributed by atoms with Gasteiger partial charge in [-0.05, 0) is 26.0 Å². The second kappa shape index (κ2) is 9.08. The molecule has 0 spiro atoms. The molecule has 34 heavy (non-hydrogen) atoms. The first-order chi connectivity index (χ1) is 16.0. The topological polar surface area (TPSA) is 67.2 Å². The van der Waals surface area contributed by atoms with Crippen molar-refractivity contribution in [2.24, 2.45) is 0 Å². The summed E-state index contributed by atoms with van der Waals surface area (Å²) in [4.78, 5) is 25.7. The Balaban J connectivity index is 1.55. The number of hydrogen-bond acceptors (Lipinski definition) is 5. The molecule has 1 fully saturated rings. The quantitative estimate of drug-likeness (QED) is 0.564. The van der Waals surface area contributed by atoms with Gasteiger partial charge in [-0.15, -0.1) is 0 Å². The minimum Gasteiger partial charge on any atom is -0.353 e. The highest BCUT2D eigenvalue weighted by Crippen LogP contribution is 2.34. The van der Waals surface area contributed by atoms with Crippen LogP contribution >= 0.6 is 0 Å². The zero-order valence-electron chi connectivity index (χ0n) is 19.6. The van der Waals surface area contributed by atoms with Gasteiger partial charge in [0.2, 0.25) is 0 Å². The second-order valence-electron chi connectivity index (χ2n) is 8.81. The fourth-order valence-electron chi connectivity index (χ4n) is 3.96. The minimum atomic E-state index is -4.74. The van der Waals surface area contributed by atoms with E-state index in [1.54, 1.807) is 24.3 Å². The number of carbonyl (C=O) groups is 1. The first-order valence-corrected chi connectivity index (χ1v) is 11.2. The van der Waals surface area contributed by atoms with Crippen molar-refractivity contribution in [2.75, 3.05) is 31.1 Å². The van der Waals surface area contributed by atoms with Crippen LogP contribution in [0.2, 0.25) is 0 Å². The molecule has 1 aromatic carbocycles. The number of benzene rings is 1. The molecule has 180 valence electrons. The van der Waals surface area contributed by atoms with Crippen LogP contribution in [0.25, 0.3) is 5.69 Å². The third-order valence-corrected chi connectivity index (χ3v) is 5.81. The first-order valence-electron chi connectivity index (χ1n) is 11.2. The van der Waals surface area contributed by atoms with Crippen molar-refractivity contribution < 1.29 is 18.0 Å². The van der Waals surface area contributed by atoms with E-state index in [0.29, 0.717) is 13.1 Å². The number of halogens is 3. The molecule has 0 atom stereocenters. The van der Waals surface area contributed by atoms with E-state index in [-0.39, 0.29) is 24.7 Å². The number of aryl methyl sites for hydroxylation is 2. The maximum Gasteiger partial charge on any atom is 0.434 e. The summed E-state index contributed by atoms with van der Waals surface area (Å²) in [5.41, 5.74) is 0.517. The summed E-state index contributed by atoms with van der Waals surface area (Å²) in [5.74, 6) is 1.01. The highest BCUT2D eigenvalue weighted by atomic mass is 19.4.